The van der Waals surface area contributed by atoms with Crippen molar-refractivity contribution in [2.24, 2.45) is 0 Å². The fourth-order valence-electron chi connectivity index (χ4n) is 4.26. The SMILES string of the molecule is C=C/C(=C\c1cnn(CCN2CCCC2)c1C)n1ccc2oc(-c3cncnc3)cc2c1=O. The highest BCUT2D eigenvalue weighted by Gasteiger charge is 2.14. The van der Waals surface area contributed by atoms with Gasteiger partial charge in [-0.3, -0.25) is 14.0 Å². The summed E-state index contributed by atoms with van der Waals surface area (Å²) in [4.78, 5) is 23.8. The minimum atomic E-state index is -0.176. The Morgan fingerprint density at radius 2 is 1.97 bits per heavy atom. The molecule has 0 bridgehead atoms. The molecule has 8 heteroatoms. The molecule has 0 amide bonds. The van der Waals surface area contributed by atoms with Crippen LogP contribution in [0.15, 0.2) is 65.1 Å². The van der Waals surface area contributed by atoms with E-state index in [1.54, 1.807) is 41.4 Å². The minimum absolute atomic E-state index is 0.176. The van der Waals surface area contributed by atoms with Crippen LogP contribution in [-0.4, -0.2) is 48.8 Å². The molecule has 0 saturated carbocycles. The lowest BCUT2D eigenvalue weighted by atomic mass is 10.2. The van der Waals surface area contributed by atoms with Crippen molar-refractivity contribution >= 4 is 22.7 Å². The van der Waals surface area contributed by atoms with Crippen molar-refractivity contribution in [3.63, 3.8) is 0 Å². The average molecular weight is 443 g/mol. The first kappa shape index (κ1) is 21.1. The molecule has 1 fully saturated rings. The van der Waals surface area contributed by atoms with Crippen molar-refractivity contribution in [1.29, 1.82) is 0 Å². The van der Waals surface area contributed by atoms with Gasteiger partial charge in [0.1, 0.15) is 17.7 Å². The van der Waals surface area contributed by atoms with Gasteiger partial charge in [-0.15, -0.1) is 0 Å². The molecule has 168 valence electrons. The third-order valence-corrected chi connectivity index (χ3v) is 6.19. The predicted octanol–water partition coefficient (Wildman–Crippen LogP) is 3.84. The molecular formula is C25H26N6O2. The van der Waals surface area contributed by atoms with Gasteiger partial charge in [-0.2, -0.15) is 5.10 Å². The number of fused-ring (bicyclic) bond motifs is 1. The molecule has 0 aliphatic carbocycles. The van der Waals surface area contributed by atoms with E-state index in [9.17, 15) is 4.79 Å². The molecule has 4 aromatic heterocycles. The van der Waals surface area contributed by atoms with Gasteiger partial charge in [-0.25, -0.2) is 9.97 Å². The van der Waals surface area contributed by atoms with Gasteiger partial charge >= 0.3 is 0 Å². The number of allylic oxidation sites excluding steroid dienone is 2. The molecule has 0 spiro atoms. The Labute approximate surface area is 191 Å². The average Bonchev–Trinajstić information content (AvgIpc) is 3.58. The molecule has 0 atom stereocenters. The topological polar surface area (TPSA) is 82.0 Å². The van der Waals surface area contributed by atoms with E-state index in [1.807, 2.05) is 17.0 Å². The zero-order valence-electron chi connectivity index (χ0n) is 18.6. The van der Waals surface area contributed by atoms with Crippen LogP contribution in [0.1, 0.15) is 24.1 Å². The number of aromatic nitrogens is 5. The standard InChI is InChI=1S/C25H26N6O2/c1-3-21(12-19-16-28-31(18(19)2)11-10-29-7-4-5-8-29)30-9-6-23-22(25(30)32)13-24(33-23)20-14-26-17-27-15-20/h3,6,9,12-17H,1,4-5,7-8,10-11H2,2H3/b21-12+. The van der Waals surface area contributed by atoms with Gasteiger partial charge in [0.15, 0.2) is 0 Å². The number of pyridine rings is 1. The van der Waals surface area contributed by atoms with Crippen LogP contribution in [0.3, 0.4) is 0 Å². The zero-order valence-corrected chi connectivity index (χ0v) is 18.6. The van der Waals surface area contributed by atoms with Crippen LogP contribution in [0.25, 0.3) is 34.1 Å². The van der Waals surface area contributed by atoms with Crippen LogP contribution < -0.4 is 5.56 Å². The van der Waals surface area contributed by atoms with Crippen LogP contribution in [0.2, 0.25) is 0 Å². The lowest BCUT2D eigenvalue weighted by Crippen LogP contribution is -2.24. The van der Waals surface area contributed by atoms with Gasteiger partial charge in [0, 0.05) is 42.1 Å². The first-order chi connectivity index (χ1) is 16.1. The van der Waals surface area contributed by atoms with E-state index in [2.05, 4.69) is 33.5 Å². The maximum Gasteiger partial charge on any atom is 0.266 e. The Morgan fingerprint density at radius 1 is 1.18 bits per heavy atom. The van der Waals surface area contributed by atoms with E-state index in [1.165, 1.54) is 32.3 Å². The maximum absolute atomic E-state index is 13.3. The number of likely N-dealkylation sites (tertiary alicyclic amines) is 1. The molecule has 1 aliphatic rings. The van der Waals surface area contributed by atoms with Crippen molar-refractivity contribution in [1.82, 2.24) is 29.2 Å². The zero-order chi connectivity index (χ0) is 22.8. The van der Waals surface area contributed by atoms with Crippen molar-refractivity contribution in [3.05, 3.63) is 77.5 Å². The molecule has 4 aromatic rings. The summed E-state index contributed by atoms with van der Waals surface area (Å²) in [5, 5.41) is 5.05. The second-order valence-electron chi connectivity index (χ2n) is 8.24. The van der Waals surface area contributed by atoms with Crippen molar-refractivity contribution in [2.75, 3.05) is 19.6 Å². The lowest BCUT2D eigenvalue weighted by molar-refractivity contribution is 0.314. The lowest BCUT2D eigenvalue weighted by Gasteiger charge is -2.15. The third kappa shape index (κ3) is 4.17. The van der Waals surface area contributed by atoms with Crippen LogP contribution >= 0.6 is 0 Å². The molecule has 5 rings (SSSR count). The summed E-state index contributed by atoms with van der Waals surface area (Å²) in [6.07, 6.45) is 14.5. The Kier molecular flexibility index (Phi) is 5.75. The van der Waals surface area contributed by atoms with Crippen LogP contribution in [0.4, 0.5) is 0 Å². The molecule has 8 nitrogen and oxygen atoms in total. The van der Waals surface area contributed by atoms with Crippen molar-refractivity contribution in [3.8, 4) is 11.3 Å². The van der Waals surface area contributed by atoms with Gasteiger partial charge in [-0.05, 0) is 57.1 Å². The summed E-state index contributed by atoms with van der Waals surface area (Å²) in [7, 11) is 0. The highest BCUT2D eigenvalue weighted by atomic mass is 16.3. The summed E-state index contributed by atoms with van der Waals surface area (Å²) >= 11 is 0. The van der Waals surface area contributed by atoms with Gasteiger partial charge in [0.25, 0.3) is 5.56 Å². The number of hydrogen-bond donors (Lipinski definition) is 0. The largest absolute Gasteiger partial charge is 0.456 e. The fraction of sp³-hybridized carbons (Fsp3) is 0.280. The van der Waals surface area contributed by atoms with E-state index >= 15 is 0 Å². The Morgan fingerprint density at radius 3 is 2.73 bits per heavy atom. The van der Waals surface area contributed by atoms with Crippen molar-refractivity contribution in [2.45, 2.75) is 26.3 Å². The van der Waals surface area contributed by atoms with E-state index in [0.717, 1.165) is 29.9 Å². The van der Waals surface area contributed by atoms with E-state index < -0.39 is 0 Å². The summed E-state index contributed by atoms with van der Waals surface area (Å²) in [6.45, 7) is 10.2. The van der Waals surface area contributed by atoms with Gasteiger partial charge in [0.05, 0.1) is 23.7 Å². The first-order valence-electron chi connectivity index (χ1n) is 11.1. The van der Waals surface area contributed by atoms with E-state index in [4.69, 9.17) is 4.42 Å². The second-order valence-corrected chi connectivity index (χ2v) is 8.24. The number of hydrogen-bond acceptors (Lipinski definition) is 6. The molecule has 0 radical (unpaired) electrons. The molecule has 0 N–H and O–H groups in total. The molecular weight excluding hydrogens is 416 g/mol. The molecule has 0 unspecified atom stereocenters. The Hall–Kier alpha value is -3.78. The maximum atomic E-state index is 13.3. The molecule has 0 aromatic carbocycles. The predicted molar refractivity (Wildman–Crippen MR) is 129 cm³/mol. The van der Waals surface area contributed by atoms with Gasteiger partial charge in [-0.1, -0.05) is 6.58 Å². The fourth-order valence-corrected chi connectivity index (χ4v) is 4.26. The van der Waals surface area contributed by atoms with Crippen LogP contribution in [0.5, 0.6) is 0 Å². The van der Waals surface area contributed by atoms with E-state index in [-0.39, 0.29) is 5.56 Å². The molecule has 33 heavy (non-hydrogen) atoms. The summed E-state index contributed by atoms with van der Waals surface area (Å²) in [6, 6.07) is 3.52. The summed E-state index contributed by atoms with van der Waals surface area (Å²) in [5.74, 6) is 0.555. The molecule has 5 heterocycles. The smallest absolute Gasteiger partial charge is 0.266 e. The normalized spacial score (nSPS) is 14.9. The monoisotopic (exact) mass is 442 g/mol. The Bertz CT molecular complexity index is 1370. The number of nitrogens with zero attached hydrogens (tertiary/aromatic N) is 6. The van der Waals surface area contributed by atoms with E-state index in [0.29, 0.717) is 22.4 Å². The minimum Gasteiger partial charge on any atom is -0.456 e. The van der Waals surface area contributed by atoms with Gasteiger partial charge in [0.2, 0.25) is 0 Å². The second kappa shape index (κ2) is 8.99. The summed E-state index contributed by atoms with van der Waals surface area (Å²) < 4.78 is 9.47. The highest BCUT2D eigenvalue weighted by molar-refractivity contribution is 5.84. The number of rotatable bonds is 7. The van der Waals surface area contributed by atoms with Gasteiger partial charge < -0.3 is 9.32 Å². The third-order valence-electron chi connectivity index (χ3n) is 6.19. The molecule has 1 saturated heterocycles. The quantitative estimate of drug-likeness (QED) is 0.405. The van der Waals surface area contributed by atoms with Crippen LogP contribution in [-0.2, 0) is 6.54 Å². The number of furan rings is 1. The first-order valence-corrected chi connectivity index (χ1v) is 11.1. The highest BCUT2D eigenvalue weighted by Crippen LogP contribution is 2.25. The summed E-state index contributed by atoms with van der Waals surface area (Å²) in [5.41, 5.74) is 3.77. The Balaban J connectivity index is 1.45. The van der Waals surface area contributed by atoms with Crippen molar-refractivity contribution < 1.29 is 4.42 Å². The molecule has 1 aliphatic heterocycles. The van der Waals surface area contributed by atoms with Crippen LogP contribution in [0, 0.1) is 6.92 Å².